The van der Waals surface area contributed by atoms with Crippen LogP contribution in [0, 0.1) is 0 Å². The first-order chi connectivity index (χ1) is 30.5. The minimum atomic E-state index is -0.996. The third kappa shape index (κ3) is 10.8. The standard InChI is InChI=1S/C48H57N7O8/c1-31-45-38(53(45)29-25-40(57)34-12-6-7-15-39(34)56)30-54(31)33-20-18-32(19-21-33)24-28-51-42(59)17-11-16-41(58)50-27-9-5-3-2-4-8-26-49-36-14-10-13-35-44(36)48(63)55(47(35)62)37-22-23-43(60)52-46(37)61/h6-7,10,12-15,18-21,25,29,31,37-38,45,49,56H,2-5,8-9,11,16-17,22-24,26-28,30H2,1H3,(H,50,58)(H,51,59)(H,52,60,61)/b29-25+/t31-,37?,38+,45?,53?/m0/s1. The lowest BCUT2D eigenvalue weighted by molar-refractivity contribution is -0.136. The molecule has 15 heteroatoms. The maximum Gasteiger partial charge on any atom is 0.264 e. The molecule has 0 radical (unpaired) electrons. The van der Waals surface area contributed by atoms with Crippen molar-refractivity contribution in [3.63, 3.8) is 0 Å². The Labute approximate surface area is 367 Å². The van der Waals surface area contributed by atoms with Gasteiger partial charge >= 0.3 is 0 Å². The minimum absolute atomic E-state index is 0.0137. The van der Waals surface area contributed by atoms with Gasteiger partial charge in [-0.05, 0) is 81.0 Å². The molecular weight excluding hydrogens is 803 g/mol. The minimum Gasteiger partial charge on any atom is -0.507 e. The summed E-state index contributed by atoms with van der Waals surface area (Å²) in [6, 6.07) is 20.0. The summed E-state index contributed by atoms with van der Waals surface area (Å²) < 4.78 is 0. The molecule has 3 saturated heterocycles. The van der Waals surface area contributed by atoms with Crippen LogP contribution in [0.25, 0.3) is 0 Å². The molecule has 3 aromatic carbocycles. The summed E-state index contributed by atoms with van der Waals surface area (Å²) in [6.07, 6.45) is 11.1. The molecule has 6 amide bonds. The van der Waals surface area contributed by atoms with E-state index in [2.05, 4.69) is 62.3 Å². The van der Waals surface area contributed by atoms with E-state index in [1.165, 1.54) is 12.1 Å². The predicted octanol–water partition coefficient (Wildman–Crippen LogP) is 4.85. The van der Waals surface area contributed by atoms with Crippen molar-refractivity contribution in [2.24, 2.45) is 0 Å². The van der Waals surface area contributed by atoms with Crippen LogP contribution in [0.15, 0.2) is 79.0 Å². The lowest BCUT2D eigenvalue weighted by Crippen LogP contribution is -2.54. The summed E-state index contributed by atoms with van der Waals surface area (Å²) in [6.45, 7) is 4.81. The molecule has 63 heavy (non-hydrogen) atoms. The van der Waals surface area contributed by atoms with E-state index in [0.717, 1.165) is 61.2 Å². The number of imide groups is 2. The Kier molecular flexibility index (Phi) is 14.5. The molecule has 5 N–H and O–H groups in total. The fourth-order valence-electron chi connectivity index (χ4n) is 8.98. The molecule has 2 unspecified atom stereocenters. The molecule has 332 valence electrons. The highest BCUT2D eigenvalue weighted by molar-refractivity contribution is 6.25. The number of amides is 6. The van der Waals surface area contributed by atoms with Crippen LogP contribution in [-0.4, -0.2) is 106 Å². The van der Waals surface area contributed by atoms with Gasteiger partial charge in [0.2, 0.25) is 23.6 Å². The number of rotatable bonds is 22. The van der Waals surface area contributed by atoms with Gasteiger partial charge in [-0.3, -0.25) is 43.8 Å². The van der Waals surface area contributed by atoms with Crippen LogP contribution in [0.5, 0.6) is 5.75 Å². The number of nitrogens with zero attached hydrogens (tertiary/aromatic N) is 3. The fraction of sp³-hybridized carbons (Fsp3) is 0.438. The molecule has 0 bridgehead atoms. The first kappa shape index (κ1) is 44.5. The second kappa shape index (κ2) is 20.6. The topological polar surface area (TPSA) is 197 Å². The first-order valence-corrected chi connectivity index (χ1v) is 22.3. The van der Waals surface area contributed by atoms with Crippen molar-refractivity contribution in [3.8, 4) is 5.75 Å². The average Bonchev–Trinajstić information content (AvgIpc) is 3.76. The maximum atomic E-state index is 13.3. The third-order valence-corrected chi connectivity index (χ3v) is 12.5. The number of piperidine rings is 1. The Morgan fingerprint density at radius 3 is 2.19 bits per heavy atom. The molecule has 0 aliphatic carbocycles. The summed E-state index contributed by atoms with van der Waals surface area (Å²) >= 11 is 0. The number of ketones is 1. The smallest absolute Gasteiger partial charge is 0.264 e. The number of anilines is 2. The van der Waals surface area contributed by atoms with E-state index in [-0.39, 0.29) is 53.4 Å². The van der Waals surface area contributed by atoms with Crippen LogP contribution in [-0.2, 0) is 25.6 Å². The monoisotopic (exact) mass is 859 g/mol. The second-order valence-electron chi connectivity index (χ2n) is 16.8. The highest BCUT2D eigenvalue weighted by atomic mass is 16.3. The predicted molar refractivity (Wildman–Crippen MR) is 237 cm³/mol. The number of carbonyl (C=O) groups is 7. The summed E-state index contributed by atoms with van der Waals surface area (Å²) in [5, 5.41) is 21.4. The molecule has 4 aliphatic heterocycles. The molecule has 0 aromatic heterocycles. The molecule has 3 fully saturated rings. The van der Waals surface area contributed by atoms with Crippen LogP contribution >= 0.6 is 0 Å². The van der Waals surface area contributed by atoms with E-state index in [4.69, 9.17) is 0 Å². The highest BCUT2D eigenvalue weighted by Gasteiger charge is 2.56. The number of benzene rings is 3. The van der Waals surface area contributed by atoms with Crippen LogP contribution < -0.4 is 26.2 Å². The number of hydrogen-bond donors (Lipinski definition) is 5. The van der Waals surface area contributed by atoms with E-state index in [1.54, 1.807) is 36.4 Å². The molecule has 3 aromatic rings. The number of para-hydroxylation sites is 1. The average molecular weight is 860 g/mol. The fourth-order valence-corrected chi connectivity index (χ4v) is 8.98. The lowest BCUT2D eigenvalue weighted by atomic mass is 10.0. The zero-order valence-corrected chi connectivity index (χ0v) is 35.8. The van der Waals surface area contributed by atoms with Crippen LogP contribution in [0.1, 0.15) is 114 Å². The molecule has 4 atom stereocenters. The van der Waals surface area contributed by atoms with Gasteiger partial charge in [0.1, 0.15) is 11.8 Å². The van der Waals surface area contributed by atoms with Crippen molar-refractivity contribution in [2.45, 2.75) is 108 Å². The van der Waals surface area contributed by atoms with E-state index in [9.17, 15) is 38.7 Å². The van der Waals surface area contributed by atoms with Crippen molar-refractivity contribution >= 4 is 52.6 Å². The number of piperazine rings is 1. The molecule has 0 saturated carbocycles. The second-order valence-corrected chi connectivity index (χ2v) is 16.8. The van der Waals surface area contributed by atoms with Crippen LogP contribution in [0.2, 0.25) is 0 Å². The van der Waals surface area contributed by atoms with Gasteiger partial charge in [-0.25, -0.2) is 0 Å². The maximum absolute atomic E-state index is 13.3. The van der Waals surface area contributed by atoms with Gasteiger partial charge in [-0.1, -0.05) is 56.0 Å². The van der Waals surface area contributed by atoms with Gasteiger partial charge in [0, 0.05) is 75.1 Å². The number of carbonyl (C=O) groups excluding carboxylic acids is 7. The summed E-state index contributed by atoms with van der Waals surface area (Å²) in [5.74, 6) is -2.42. The van der Waals surface area contributed by atoms with Crippen molar-refractivity contribution < 1.29 is 38.7 Å². The molecule has 4 heterocycles. The summed E-state index contributed by atoms with van der Waals surface area (Å²) in [4.78, 5) is 93.1. The quantitative estimate of drug-likeness (QED) is 0.0305. The highest BCUT2D eigenvalue weighted by Crippen LogP contribution is 2.43. The number of unbranched alkanes of at least 4 members (excludes halogenated alkanes) is 5. The summed E-state index contributed by atoms with van der Waals surface area (Å²) in [7, 11) is 0. The molecule has 4 aliphatic rings. The van der Waals surface area contributed by atoms with Crippen molar-refractivity contribution in [1.82, 2.24) is 25.8 Å². The largest absolute Gasteiger partial charge is 0.507 e. The zero-order valence-electron chi connectivity index (χ0n) is 35.8. The van der Waals surface area contributed by atoms with Gasteiger partial charge in [0.15, 0.2) is 5.78 Å². The molecule has 15 nitrogen and oxygen atoms in total. The van der Waals surface area contributed by atoms with Gasteiger partial charge in [0.25, 0.3) is 11.8 Å². The van der Waals surface area contributed by atoms with E-state index in [1.807, 2.05) is 6.20 Å². The number of allylic oxidation sites excluding steroid dienone is 1. The Morgan fingerprint density at radius 2 is 1.49 bits per heavy atom. The van der Waals surface area contributed by atoms with Gasteiger partial charge in [-0.15, -0.1) is 0 Å². The van der Waals surface area contributed by atoms with Crippen molar-refractivity contribution in [2.75, 3.05) is 36.4 Å². The van der Waals surface area contributed by atoms with Crippen LogP contribution in [0.3, 0.4) is 0 Å². The lowest BCUT2D eigenvalue weighted by Gasteiger charge is -2.28. The normalized spacial score (nSPS) is 20.2. The number of phenolic OH excluding ortho intramolecular Hbond substituents is 1. The molecular formula is C48H57N7O8. The number of phenols is 1. The van der Waals surface area contributed by atoms with E-state index < -0.39 is 29.7 Å². The Morgan fingerprint density at radius 1 is 0.794 bits per heavy atom. The zero-order chi connectivity index (χ0) is 44.5. The molecule has 0 spiro atoms. The number of nitrogens with one attached hydrogen (secondary N) is 4. The van der Waals surface area contributed by atoms with E-state index in [0.29, 0.717) is 68.7 Å². The number of fused-ring (bicyclic) bond motifs is 2. The van der Waals surface area contributed by atoms with Gasteiger partial charge < -0.3 is 30.9 Å². The first-order valence-electron chi connectivity index (χ1n) is 22.3. The van der Waals surface area contributed by atoms with Crippen molar-refractivity contribution in [3.05, 3.63) is 101 Å². The Balaban J connectivity index is 0.685. The number of aromatic hydroxyl groups is 1. The third-order valence-electron chi connectivity index (χ3n) is 12.5. The van der Waals surface area contributed by atoms with Crippen LogP contribution in [0.4, 0.5) is 11.4 Å². The molecule has 7 rings (SSSR count). The van der Waals surface area contributed by atoms with Gasteiger partial charge in [0.05, 0.1) is 28.8 Å². The van der Waals surface area contributed by atoms with Gasteiger partial charge in [-0.2, -0.15) is 0 Å². The Bertz CT molecular complexity index is 2240. The SMILES string of the molecule is C[C@H]1C2[C@@H](CN1c1ccc(CCNC(=O)CCCC(=O)NCCCCCCCCNc3cccc4c3C(=O)N(C3CCC(=O)NC3=O)C4=O)cc1)N2/C=C/C(=O)c1ccccc1O. The number of hydrogen-bond acceptors (Lipinski definition) is 11. The summed E-state index contributed by atoms with van der Waals surface area (Å²) in [5.41, 5.74) is 3.66. The van der Waals surface area contributed by atoms with Crippen molar-refractivity contribution in [1.29, 1.82) is 0 Å². The Hall–Kier alpha value is -6.51. The van der Waals surface area contributed by atoms with E-state index >= 15 is 0 Å².